The molecule has 0 aliphatic carbocycles. The standard InChI is InChI=1S/C21H24N8O2/c1-27(2)10-11-28(14-17-6-4-16(13-22)5-7-17)21(30)24-18-8-9-19(20(12-18)31-3)29-15-23-25-26-29/h4-9,12,15H,10-11,14H2,1-3H3,(H,24,30). The van der Waals surface area contributed by atoms with Crippen molar-refractivity contribution in [3.05, 3.63) is 59.9 Å². The first-order valence-electron chi connectivity index (χ1n) is 9.61. The molecule has 1 heterocycles. The number of carbonyl (C=O) groups is 1. The minimum atomic E-state index is -0.233. The number of likely N-dealkylation sites (N-methyl/N-ethyl adjacent to an activating group) is 1. The molecule has 0 aliphatic rings. The van der Waals surface area contributed by atoms with E-state index in [2.05, 4.69) is 26.9 Å². The summed E-state index contributed by atoms with van der Waals surface area (Å²) in [4.78, 5) is 16.8. The molecule has 0 atom stereocenters. The fourth-order valence-electron chi connectivity index (χ4n) is 2.90. The number of methoxy groups -OCH3 is 1. The van der Waals surface area contributed by atoms with Crippen LogP contribution in [-0.4, -0.2) is 70.3 Å². The minimum absolute atomic E-state index is 0.233. The van der Waals surface area contributed by atoms with E-state index >= 15 is 0 Å². The number of hydrogen-bond acceptors (Lipinski definition) is 7. The molecule has 0 fully saturated rings. The van der Waals surface area contributed by atoms with Crippen molar-refractivity contribution < 1.29 is 9.53 Å². The second kappa shape index (κ2) is 10.2. The SMILES string of the molecule is COc1cc(NC(=O)N(CCN(C)C)Cc2ccc(C#N)cc2)ccc1-n1cnnn1. The van der Waals surface area contributed by atoms with Crippen LogP contribution in [0.2, 0.25) is 0 Å². The fraction of sp³-hybridized carbons (Fsp3) is 0.286. The first-order chi connectivity index (χ1) is 15.0. The van der Waals surface area contributed by atoms with Crippen LogP contribution in [0.15, 0.2) is 48.8 Å². The lowest BCUT2D eigenvalue weighted by atomic mass is 10.1. The number of hydrogen-bond donors (Lipinski definition) is 1. The molecule has 1 aromatic heterocycles. The van der Waals surface area contributed by atoms with Crippen LogP contribution in [0.4, 0.5) is 10.5 Å². The Balaban J connectivity index is 1.76. The summed E-state index contributed by atoms with van der Waals surface area (Å²) < 4.78 is 6.92. The number of rotatable bonds is 8. The van der Waals surface area contributed by atoms with Gasteiger partial charge in [0, 0.05) is 31.4 Å². The molecular formula is C21H24N8O2. The van der Waals surface area contributed by atoms with Crippen molar-refractivity contribution in [3.8, 4) is 17.5 Å². The Morgan fingerprint density at radius 1 is 1.19 bits per heavy atom. The molecule has 2 amide bonds. The summed E-state index contributed by atoms with van der Waals surface area (Å²) in [6.07, 6.45) is 1.47. The van der Waals surface area contributed by atoms with Gasteiger partial charge in [-0.15, -0.1) is 5.10 Å². The van der Waals surface area contributed by atoms with Crippen molar-refractivity contribution in [2.24, 2.45) is 0 Å². The van der Waals surface area contributed by atoms with Gasteiger partial charge in [0.15, 0.2) is 0 Å². The highest BCUT2D eigenvalue weighted by atomic mass is 16.5. The second-order valence-corrected chi connectivity index (χ2v) is 7.10. The van der Waals surface area contributed by atoms with Crippen molar-refractivity contribution in [3.63, 3.8) is 0 Å². The lowest BCUT2D eigenvalue weighted by Crippen LogP contribution is -2.39. The van der Waals surface area contributed by atoms with Gasteiger partial charge < -0.3 is 19.9 Å². The van der Waals surface area contributed by atoms with Gasteiger partial charge in [0.25, 0.3) is 0 Å². The molecule has 1 N–H and O–H groups in total. The third-order valence-corrected chi connectivity index (χ3v) is 4.59. The monoisotopic (exact) mass is 420 g/mol. The third-order valence-electron chi connectivity index (χ3n) is 4.59. The van der Waals surface area contributed by atoms with Crippen LogP contribution in [0.5, 0.6) is 5.75 Å². The summed E-state index contributed by atoms with van der Waals surface area (Å²) >= 11 is 0. The summed E-state index contributed by atoms with van der Waals surface area (Å²) in [6.45, 7) is 1.68. The van der Waals surface area contributed by atoms with Crippen LogP contribution in [-0.2, 0) is 6.54 Å². The van der Waals surface area contributed by atoms with Gasteiger partial charge in [0.2, 0.25) is 0 Å². The normalized spacial score (nSPS) is 10.5. The molecular weight excluding hydrogens is 396 g/mol. The van der Waals surface area contributed by atoms with Gasteiger partial charge in [-0.25, -0.2) is 4.79 Å². The lowest BCUT2D eigenvalue weighted by molar-refractivity contribution is 0.202. The number of nitriles is 1. The quantitative estimate of drug-likeness (QED) is 0.594. The summed E-state index contributed by atoms with van der Waals surface area (Å²) in [5.41, 5.74) is 2.78. The molecule has 10 heteroatoms. The van der Waals surface area contributed by atoms with E-state index in [4.69, 9.17) is 10.00 Å². The predicted molar refractivity (Wildman–Crippen MR) is 115 cm³/mol. The number of aromatic nitrogens is 4. The predicted octanol–water partition coefficient (Wildman–Crippen LogP) is 2.14. The van der Waals surface area contributed by atoms with Crippen LogP contribution in [0.25, 0.3) is 5.69 Å². The summed E-state index contributed by atoms with van der Waals surface area (Å²) in [6, 6.07) is 14.4. The number of ether oxygens (including phenoxy) is 1. The van der Waals surface area contributed by atoms with E-state index in [1.54, 1.807) is 42.3 Å². The van der Waals surface area contributed by atoms with Crippen LogP contribution < -0.4 is 10.1 Å². The number of benzene rings is 2. The van der Waals surface area contributed by atoms with E-state index in [0.717, 1.165) is 5.56 Å². The molecule has 10 nitrogen and oxygen atoms in total. The Hall–Kier alpha value is -3.97. The smallest absolute Gasteiger partial charge is 0.322 e. The Kier molecular flexibility index (Phi) is 7.13. The number of nitrogens with one attached hydrogen (secondary N) is 1. The van der Waals surface area contributed by atoms with Gasteiger partial charge >= 0.3 is 6.03 Å². The lowest BCUT2D eigenvalue weighted by Gasteiger charge is -2.25. The molecule has 0 unspecified atom stereocenters. The summed E-state index contributed by atoms with van der Waals surface area (Å²) in [5, 5.41) is 23.0. The van der Waals surface area contributed by atoms with Gasteiger partial charge in [-0.1, -0.05) is 12.1 Å². The number of amides is 2. The Labute approximate surface area is 180 Å². The number of tetrazole rings is 1. The average Bonchev–Trinajstić information content (AvgIpc) is 3.31. The van der Waals surface area contributed by atoms with Crippen molar-refractivity contribution in [2.75, 3.05) is 39.6 Å². The van der Waals surface area contributed by atoms with Gasteiger partial charge in [-0.2, -0.15) is 9.94 Å². The highest BCUT2D eigenvalue weighted by Crippen LogP contribution is 2.26. The first kappa shape index (κ1) is 21.7. The van der Waals surface area contributed by atoms with E-state index in [0.29, 0.717) is 42.3 Å². The zero-order chi connectivity index (χ0) is 22.2. The average molecular weight is 420 g/mol. The van der Waals surface area contributed by atoms with E-state index in [1.807, 2.05) is 31.1 Å². The minimum Gasteiger partial charge on any atom is -0.494 e. The van der Waals surface area contributed by atoms with Crippen LogP contribution in [0.1, 0.15) is 11.1 Å². The zero-order valence-corrected chi connectivity index (χ0v) is 17.7. The molecule has 0 saturated carbocycles. The Morgan fingerprint density at radius 3 is 2.58 bits per heavy atom. The maximum absolute atomic E-state index is 13.0. The molecule has 3 aromatic rings. The van der Waals surface area contributed by atoms with Gasteiger partial charge in [-0.3, -0.25) is 0 Å². The van der Waals surface area contributed by atoms with E-state index in [-0.39, 0.29) is 6.03 Å². The van der Waals surface area contributed by atoms with Crippen LogP contribution in [0, 0.1) is 11.3 Å². The number of carbonyl (C=O) groups excluding carboxylic acids is 1. The van der Waals surface area contributed by atoms with Crippen LogP contribution in [0.3, 0.4) is 0 Å². The Bertz CT molecular complexity index is 1040. The topological polar surface area (TPSA) is 112 Å². The highest BCUT2D eigenvalue weighted by Gasteiger charge is 2.16. The Morgan fingerprint density at radius 2 is 1.97 bits per heavy atom. The maximum Gasteiger partial charge on any atom is 0.322 e. The van der Waals surface area contributed by atoms with Gasteiger partial charge in [0.1, 0.15) is 17.8 Å². The van der Waals surface area contributed by atoms with E-state index in [9.17, 15) is 4.79 Å². The molecule has 31 heavy (non-hydrogen) atoms. The van der Waals surface area contributed by atoms with E-state index < -0.39 is 0 Å². The first-order valence-corrected chi connectivity index (χ1v) is 9.61. The molecule has 3 rings (SSSR count). The number of nitrogens with zero attached hydrogens (tertiary/aromatic N) is 7. The van der Waals surface area contributed by atoms with Crippen molar-refractivity contribution in [2.45, 2.75) is 6.54 Å². The number of anilines is 1. The fourth-order valence-corrected chi connectivity index (χ4v) is 2.90. The molecule has 0 spiro atoms. The van der Waals surface area contributed by atoms with Gasteiger partial charge in [0.05, 0.1) is 18.7 Å². The largest absolute Gasteiger partial charge is 0.494 e. The van der Waals surface area contributed by atoms with Crippen molar-refractivity contribution >= 4 is 11.7 Å². The number of urea groups is 1. The summed E-state index contributed by atoms with van der Waals surface area (Å²) in [7, 11) is 5.46. The third kappa shape index (κ3) is 5.77. The molecule has 2 aromatic carbocycles. The van der Waals surface area contributed by atoms with Crippen LogP contribution >= 0.6 is 0 Å². The molecule has 0 aliphatic heterocycles. The maximum atomic E-state index is 13.0. The van der Waals surface area contributed by atoms with Crippen molar-refractivity contribution in [1.29, 1.82) is 5.26 Å². The highest BCUT2D eigenvalue weighted by molar-refractivity contribution is 5.89. The van der Waals surface area contributed by atoms with E-state index in [1.165, 1.54) is 11.0 Å². The molecule has 0 bridgehead atoms. The second-order valence-electron chi connectivity index (χ2n) is 7.10. The zero-order valence-electron chi connectivity index (χ0n) is 17.7. The van der Waals surface area contributed by atoms with Gasteiger partial charge in [-0.05, 0) is 54.4 Å². The summed E-state index contributed by atoms with van der Waals surface area (Å²) in [5.74, 6) is 0.525. The van der Waals surface area contributed by atoms with Crippen molar-refractivity contribution in [1.82, 2.24) is 30.0 Å². The molecule has 0 radical (unpaired) electrons. The molecule has 160 valence electrons. The molecule has 0 saturated heterocycles.